The third-order valence-corrected chi connectivity index (χ3v) is 8.24. The second-order valence-corrected chi connectivity index (χ2v) is 9.99. The Balaban J connectivity index is 0.00000240. The molecule has 1 aromatic rings. The van der Waals surface area contributed by atoms with Gasteiger partial charge in [0.15, 0.2) is 0 Å². The number of benzene rings is 1. The molecule has 3 rings (SSSR count). The van der Waals surface area contributed by atoms with Crippen molar-refractivity contribution in [3.05, 3.63) is 28.2 Å². The van der Waals surface area contributed by atoms with Gasteiger partial charge < -0.3 is 14.5 Å². The number of hydrogen-bond donors (Lipinski definition) is 0. The zero-order chi connectivity index (χ0) is 20.6. The first-order valence-corrected chi connectivity index (χ1v) is 12.7. The molecule has 1 aromatic carbocycles. The lowest BCUT2D eigenvalue weighted by molar-refractivity contribution is 0.130. The minimum Gasteiger partial charge on any atom is -0.497 e. The van der Waals surface area contributed by atoms with Crippen LogP contribution in [-0.2, 0) is 6.42 Å². The van der Waals surface area contributed by atoms with Gasteiger partial charge in [0.2, 0.25) is 0 Å². The highest BCUT2D eigenvalue weighted by molar-refractivity contribution is 9.10. The second kappa shape index (κ2) is 15.0. The van der Waals surface area contributed by atoms with E-state index in [4.69, 9.17) is 4.74 Å². The van der Waals surface area contributed by atoms with Crippen molar-refractivity contribution in [3.63, 3.8) is 0 Å². The van der Waals surface area contributed by atoms with Crippen LogP contribution in [0.15, 0.2) is 22.7 Å². The molecule has 0 spiro atoms. The van der Waals surface area contributed by atoms with Gasteiger partial charge in [-0.1, -0.05) is 29.8 Å². The highest BCUT2D eigenvalue weighted by atomic mass is 79.9. The van der Waals surface area contributed by atoms with Crippen molar-refractivity contribution >= 4 is 40.7 Å². The molecule has 0 amide bonds. The molecule has 0 N–H and O–H groups in total. The van der Waals surface area contributed by atoms with E-state index in [1.165, 1.54) is 94.1 Å². The number of piperidine rings is 1. The maximum absolute atomic E-state index is 5.41. The van der Waals surface area contributed by atoms with Crippen molar-refractivity contribution in [1.82, 2.24) is 9.80 Å². The van der Waals surface area contributed by atoms with E-state index < -0.39 is 0 Å². The van der Waals surface area contributed by atoms with Crippen LogP contribution in [0.5, 0.6) is 5.75 Å². The summed E-state index contributed by atoms with van der Waals surface area (Å²) in [5, 5.41) is 0. The lowest BCUT2D eigenvalue weighted by Crippen LogP contribution is -2.39. The fraction of sp³-hybridized carbons (Fsp3) is 0.760. The van der Waals surface area contributed by atoms with Crippen LogP contribution in [0.25, 0.3) is 0 Å². The maximum Gasteiger partial charge on any atom is 0.119 e. The van der Waals surface area contributed by atoms with E-state index in [-0.39, 0.29) is 24.8 Å². The monoisotopic (exact) mass is 536 g/mol. The third kappa shape index (κ3) is 8.70. The molecule has 2 fully saturated rings. The predicted molar refractivity (Wildman–Crippen MR) is 141 cm³/mol. The van der Waals surface area contributed by atoms with E-state index in [0.29, 0.717) is 0 Å². The van der Waals surface area contributed by atoms with E-state index in [1.54, 1.807) is 7.11 Å². The quantitative estimate of drug-likeness (QED) is 0.342. The minimum atomic E-state index is 0. The summed E-state index contributed by atoms with van der Waals surface area (Å²) in [6.45, 7) is 10.9. The first kappa shape index (κ1) is 29.0. The first-order valence-electron chi connectivity index (χ1n) is 11.9. The number of likely N-dealkylation sites (tertiary alicyclic amines) is 1. The van der Waals surface area contributed by atoms with Gasteiger partial charge in [-0.2, -0.15) is 0 Å². The predicted octanol–water partition coefficient (Wildman–Crippen LogP) is 6.85. The molecule has 1 saturated heterocycles. The summed E-state index contributed by atoms with van der Waals surface area (Å²) < 4.78 is 6.63. The lowest BCUT2D eigenvalue weighted by Gasteiger charge is -2.37. The zero-order valence-electron chi connectivity index (χ0n) is 19.7. The van der Waals surface area contributed by atoms with Gasteiger partial charge in [0, 0.05) is 10.5 Å². The SMILES string of the molecule is CCN(CC)[C@H]1CC[C@H](CCN2CCC(Cc3cc(OC)ccc3Br)CC2)CC1.Cl.Cl. The molecule has 0 radical (unpaired) electrons. The highest BCUT2D eigenvalue weighted by Gasteiger charge is 2.26. The van der Waals surface area contributed by atoms with E-state index in [9.17, 15) is 0 Å². The van der Waals surface area contributed by atoms with Crippen LogP contribution in [0.2, 0.25) is 0 Å². The average Bonchev–Trinajstić information content (AvgIpc) is 2.76. The van der Waals surface area contributed by atoms with Gasteiger partial charge in [0.05, 0.1) is 7.11 Å². The molecule has 180 valence electrons. The van der Waals surface area contributed by atoms with Gasteiger partial charge in [0.25, 0.3) is 0 Å². The molecule has 1 aliphatic heterocycles. The van der Waals surface area contributed by atoms with Crippen molar-refractivity contribution in [1.29, 1.82) is 0 Å². The topological polar surface area (TPSA) is 15.7 Å². The number of halogens is 3. The normalized spacial score (nSPS) is 22.6. The molecular formula is C25H43BrCl2N2O. The van der Waals surface area contributed by atoms with Crippen molar-refractivity contribution in [2.75, 3.05) is 39.8 Å². The van der Waals surface area contributed by atoms with Gasteiger partial charge >= 0.3 is 0 Å². The summed E-state index contributed by atoms with van der Waals surface area (Å²) in [5.74, 6) is 2.74. The lowest BCUT2D eigenvalue weighted by atomic mass is 9.83. The van der Waals surface area contributed by atoms with Crippen LogP contribution >= 0.6 is 40.7 Å². The molecule has 1 aliphatic carbocycles. The fourth-order valence-corrected chi connectivity index (χ4v) is 5.87. The van der Waals surface area contributed by atoms with Gasteiger partial charge in [-0.05, 0) is 120 Å². The van der Waals surface area contributed by atoms with Crippen LogP contribution in [-0.4, -0.2) is 55.7 Å². The summed E-state index contributed by atoms with van der Waals surface area (Å²) in [5.41, 5.74) is 1.40. The van der Waals surface area contributed by atoms with Gasteiger partial charge in [0.1, 0.15) is 5.75 Å². The fourth-order valence-electron chi connectivity index (χ4n) is 5.46. The summed E-state index contributed by atoms with van der Waals surface area (Å²) in [4.78, 5) is 5.40. The Bertz CT molecular complexity index is 614. The van der Waals surface area contributed by atoms with Crippen molar-refractivity contribution in [2.24, 2.45) is 11.8 Å². The number of hydrogen-bond acceptors (Lipinski definition) is 3. The molecule has 0 bridgehead atoms. The van der Waals surface area contributed by atoms with Gasteiger partial charge in [-0.15, -0.1) is 24.8 Å². The Kier molecular flexibility index (Phi) is 14.1. The van der Waals surface area contributed by atoms with E-state index >= 15 is 0 Å². The number of nitrogens with zero attached hydrogens (tertiary/aromatic N) is 2. The van der Waals surface area contributed by atoms with Crippen LogP contribution in [0.1, 0.15) is 64.4 Å². The van der Waals surface area contributed by atoms with Crippen LogP contribution in [0, 0.1) is 11.8 Å². The molecule has 1 heterocycles. The van der Waals surface area contributed by atoms with Crippen LogP contribution in [0.3, 0.4) is 0 Å². The van der Waals surface area contributed by atoms with E-state index in [1.807, 2.05) is 6.07 Å². The number of rotatable bonds is 9. The Labute approximate surface area is 211 Å². The molecule has 1 saturated carbocycles. The molecule has 0 atom stereocenters. The van der Waals surface area contributed by atoms with Gasteiger partial charge in [-0.3, -0.25) is 0 Å². The smallest absolute Gasteiger partial charge is 0.119 e. The average molecular weight is 538 g/mol. The Morgan fingerprint density at radius 2 is 1.61 bits per heavy atom. The van der Waals surface area contributed by atoms with E-state index in [0.717, 1.165) is 23.6 Å². The number of methoxy groups -OCH3 is 1. The summed E-state index contributed by atoms with van der Waals surface area (Å²) in [6.07, 6.45) is 11.0. The second-order valence-electron chi connectivity index (χ2n) is 9.13. The Morgan fingerprint density at radius 3 is 2.19 bits per heavy atom. The van der Waals surface area contributed by atoms with E-state index in [2.05, 4.69) is 51.7 Å². The third-order valence-electron chi connectivity index (χ3n) is 7.47. The number of ether oxygens (including phenoxy) is 1. The van der Waals surface area contributed by atoms with Crippen LogP contribution < -0.4 is 4.74 Å². The Morgan fingerprint density at radius 1 is 0.968 bits per heavy atom. The molecule has 0 aromatic heterocycles. The molecule has 3 nitrogen and oxygen atoms in total. The van der Waals surface area contributed by atoms with Gasteiger partial charge in [-0.25, -0.2) is 0 Å². The van der Waals surface area contributed by atoms with Crippen molar-refractivity contribution in [2.45, 2.75) is 71.3 Å². The maximum atomic E-state index is 5.41. The van der Waals surface area contributed by atoms with Crippen molar-refractivity contribution < 1.29 is 4.74 Å². The minimum absolute atomic E-state index is 0. The Hall–Kier alpha value is -0.000000000000000111. The summed E-state index contributed by atoms with van der Waals surface area (Å²) >= 11 is 3.72. The largest absolute Gasteiger partial charge is 0.497 e. The summed E-state index contributed by atoms with van der Waals surface area (Å²) in [7, 11) is 1.75. The van der Waals surface area contributed by atoms with Crippen molar-refractivity contribution in [3.8, 4) is 5.75 Å². The zero-order valence-corrected chi connectivity index (χ0v) is 22.9. The molecular weight excluding hydrogens is 495 g/mol. The first-order chi connectivity index (χ1) is 14.1. The van der Waals surface area contributed by atoms with Crippen LogP contribution in [0.4, 0.5) is 0 Å². The molecule has 2 aliphatic rings. The highest BCUT2D eigenvalue weighted by Crippen LogP contribution is 2.31. The molecule has 0 unspecified atom stereocenters. The summed E-state index contributed by atoms with van der Waals surface area (Å²) in [6, 6.07) is 7.21. The molecule has 6 heteroatoms. The molecule has 31 heavy (non-hydrogen) atoms. The standard InChI is InChI=1S/C25H41BrN2O.2ClH/c1-4-28(5-2)23-8-6-20(7-9-23)12-15-27-16-13-21(14-17-27)18-22-19-24(29-3)10-11-25(22)26;;/h10-11,19-21,23H,4-9,12-18H2,1-3H3;2*1H/t20-,23-;;.